The third-order valence-corrected chi connectivity index (χ3v) is 7.28. The standard InChI is InChI=1S/C21H16ClNS2.ClH/c22-16-8-3-1-6-13(16)17-12-15(18-10-5-11-24-18)20-14-7-2-4-9-19(14)25-21(20)23-17;/h1,3,5-6,8,10-12H,2,4,7,9H2;1H. The zero-order valence-electron chi connectivity index (χ0n) is 14.0. The van der Waals surface area contributed by atoms with Gasteiger partial charge in [-0.15, -0.1) is 35.1 Å². The first-order valence-corrected chi connectivity index (χ1v) is 10.6. The highest BCUT2D eigenvalue weighted by Crippen LogP contribution is 2.43. The zero-order valence-corrected chi connectivity index (χ0v) is 17.2. The van der Waals surface area contributed by atoms with Crippen LogP contribution in [0.2, 0.25) is 5.02 Å². The maximum Gasteiger partial charge on any atom is 0.125 e. The average molecular weight is 418 g/mol. The number of hydrogen-bond donors (Lipinski definition) is 0. The summed E-state index contributed by atoms with van der Waals surface area (Å²) in [4.78, 5) is 9.02. The minimum absolute atomic E-state index is 0. The Morgan fingerprint density at radius 2 is 1.81 bits per heavy atom. The van der Waals surface area contributed by atoms with E-state index in [4.69, 9.17) is 16.6 Å². The number of aromatic nitrogens is 1. The monoisotopic (exact) mass is 417 g/mol. The van der Waals surface area contributed by atoms with E-state index < -0.39 is 0 Å². The summed E-state index contributed by atoms with van der Waals surface area (Å²) in [5.41, 5.74) is 4.83. The van der Waals surface area contributed by atoms with Gasteiger partial charge in [0.25, 0.3) is 0 Å². The first-order chi connectivity index (χ1) is 12.3. The molecule has 0 atom stereocenters. The van der Waals surface area contributed by atoms with Gasteiger partial charge in [-0.1, -0.05) is 35.9 Å². The maximum atomic E-state index is 6.45. The van der Waals surface area contributed by atoms with Gasteiger partial charge in [0.15, 0.2) is 0 Å². The molecule has 26 heavy (non-hydrogen) atoms. The molecule has 1 aliphatic rings. The Balaban J connectivity index is 0.00000168. The molecule has 5 rings (SSSR count). The highest BCUT2D eigenvalue weighted by molar-refractivity contribution is 7.19. The highest BCUT2D eigenvalue weighted by Gasteiger charge is 2.21. The van der Waals surface area contributed by atoms with Crippen LogP contribution in [0.15, 0.2) is 47.8 Å². The fourth-order valence-corrected chi connectivity index (χ4v) is 5.96. The number of hydrogen-bond acceptors (Lipinski definition) is 3. The van der Waals surface area contributed by atoms with Gasteiger partial charge in [0.2, 0.25) is 0 Å². The second kappa shape index (κ2) is 7.32. The summed E-state index contributed by atoms with van der Waals surface area (Å²) in [6.07, 6.45) is 4.96. The number of aryl methyl sites for hydroxylation is 2. The number of fused-ring (bicyclic) bond motifs is 3. The molecule has 0 fully saturated rings. The van der Waals surface area contributed by atoms with Crippen LogP contribution in [0, 0.1) is 0 Å². The zero-order chi connectivity index (χ0) is 16.8. The van der Waals surface area contributed by atoms with Crippen LogP contribution in [-0.4, -0.2) is 4.98 Å². The minimum atomic E-state index is 0. The summed E-state index contributed by atoms with van der Waals surface area (Å²) in [7, 11) is 0. The Hall–Kier alpha value is -1.39. The van der Waals surface area contributed by atoms with Gasteiger partial charge in [-0.25, -0.2) is 4.98 Å². The SMILES string of the molecule is Cl.Clc1ccccc1-c1cc(-c2cccs2)c2c3c(sc2n1)CCCC3. The van der Waals surface area contributed by atoms with E-state index >= 15 is 0 Å². The lowest BCUT2D eigenvalue weighted by molar-refractivity contribution is 0.700. The van der Waals surface area contributed by atoms with Gasteiger partial charge in [0.05, 0.1) is 5.69 Å². The van der Waals surface area contributed by atoms with Crippen molar-refractivity contribution in [2.45, 2.75) is 25.7 Å². The lowest BCUT2D eigenvalue weighted by Crippen LogP contribution is -1.98. The van der Waals surface area contributed by atoms with Crippen molar-refractivity contribution in [3.05, 3.63) is 63.3 Å². The largest absolute Gasteiger partial charge is 0.237 e. The molecule has 0 radical (unpaired) electrons. The average Bonchev–Trinajstić information content (AvgIpc) is 3.29. The van der Waals surface area contributed by atoms with Crippen LogP contribution in [0.1, 0.15) is 23.3 Å². The fraction of sp³-hybridized carbons (Fsp3) is 0.190. The number of nitrogens with zero attached hydrogens (tertiary/aromatic N) is 1. The molecule has 4 aromatic rings. The minimum Gasteiger partial charge on any atom is -0.237 e. The molecule has 0 spiro atoms. The molecular weight excluding hydrogens is 401 g/mol. The molecule has 3 heterocycles. The topological polar surface area (TPSA) is 12.9 Å². The lowest BCUT2D eigenvalue weighted by Gasteiger charge is -2.12. The van der Waals surface area contributed by atoms with Gasteiger partial charge >= 0.3 is 0 Å². The molecule has 0 aliphatic heterocycles. The molecule has 5 heteroatoms. The molecule has 1 nitrogen and oxygen atoms in total. The summed E-state index contributed by atoms with van der Waals surface area (Å²) >= 11 is 10.1. The van der Waals surface area contributed by atoms with Crippen molar-refractivity contribution in [1.29, 1.82) is 0 Å². The highest BCUT2D eigenvalue weighted by atomic mass is 35.5. The molecule has 132 valence electrons. The van der Waals surface area contributed by atoms with Crippen LogP contribution in [0.5, 0.6) is 0 Å². The molecule has 0 saturated carbocycles. The Bertz CT molecular complexity index is 1070. The molecule has 1 aliphatic carbocycles. The van der Waals surface area contributed by atoms with Gasteiger partial charge < -0.3 is 0 Å². The van der Waals surface area contributed by atoms with Crippen LogP contribution >= 0.6 is 46.7 Å². The Morgan fingerprint density at radius 3 is 2.62 bits per heavy atom. The van der Waals surface area contributed by atoms with Crippen molar-refractivity contribution in [2.24, 2.45) is 0 Å². The lowest BCUT2D eigenvalue weighted by atomic mass is 9.94. The van der Waals surface area contributed by atoms with Crippen molar-refractivity contribution >= 4 is 56.9 Å². The molecular formula is C21H17Cl2NS2. The van der Waals surface area contributed by atoms with E-state index in [0.29, 0.717) is 0 Å². The fourth-order valence-electron chi connectivity index (χ4n) is 3.69. The van der Waals surface area contributed by atoms with Gasteiger partial charge in [0.1, 0.15) is 4.83 Å². The van der Waals surface area contributed by atoms with Gasteiger partial charge in [-0.2, -0.15) is 0 Å². The number of benzene rings is 1. The first kappa shape index (κ1) is 18.0. The van der Waals surface area contributed by atoms with E-state index in [0.717, 1.165) is 21.1 Å². The predicted octanol–water partition coefficient (Wildman–Crippen LogP) is 7.65. The van der Waals surface area contributed by atoms with E-state index in [1.807, 2.05) is 29.5 Å². The van der Waals surface area contributed by atoms with Gasteiger partial charge in [-0.3, -0.25) is 0 Å². The second-order valence-corrected chi connectivity index (χ2v) is 8.84. The predicted molar refractivity (Wildman–Crippen MR) is 117 cm³/mol. The van der Waals surface area contributed by atoms with Crippen molar-refractivity contribution < 1.29 is 0 Å². The molecule has 0 unspecified atom stereocenters. The smallest absolute Gasteiger partial charge is 0.125 e. The van der Waals surface area contributed by atoms with Crippen molar-refractivity contribution in [1.82, 2.24) is 4.98 Å². The van der Waals surface area contributed by atoms with E-state index in [2.05, 4.69) is 29.6 Å². The van der Waals surface area contributed by atoms with Crippen LogP contribution in [0.25, 0.3) is 31.9 Å². The molecule has 0 amide bonds. The molecule has 1 aromatic carbocycles. The summed E-state index contributed by atoms with van der Waals surface area (Å²) in [6, 6.07) is 14.6. The summed E-state index contributed by atoms with van der Waals surface area (Å²) in [5, 5.41) is 4.28. The Labute approximate surface area is 172 Å². The van der Waals surface area contributed by atoms with Gasteiger partial charge in [0, 0.05) is 31.3 Å². The second-order valence-electron chi connectivity index (χ2n) is 6.40. The van der Waals surface area contributed by atoms with E-state index in [1.165, 1.54) is 52.0 Å². The van der Waals surface area contributed by atoms with Crippen LogP contribution in [0.4, 0.5) is 0 Å². The normalized spacial score (nSPS) is 13.4. The Morgan fingerprint density at radius 1 is 0.962 bits per heavy atom. The number of rotatable bonds is 2. The summed E-state index contributed by atoms with van der Waals surface area (Å²) < 4.78 is 0. The van der Waals surface area contributed by atoms with Crippen LogP contribution < -0.4 is 0 Å². The van der Waals surface area contributed by atoms with Crippen LogP contribution in [-0.2, 0) is 12.8 Å². The summed E-state index contributed by atoms with van der Waals surface area (Å²) in [6.45, 7) is 0. The van der Waals surface area contributed by atoms with Gasteiger partial charge in [-0.05, 0) is 54.8 Å². The molecule has 0 saturated heterocycles. The van der Waals surface area contributed by atoms with Crippen molar-refractivity contribution in [2.75, 3.05) is 0 Å². The van der Waals surface area contributed by atoms with Crippen molar-refractivity contribution in [3.8, 4) is 21.7 Å². The quantitative estimate of drug-likeness (QED) is 0.326. The molecule has 3 aromatic heterocycles. The Kier molecular flexibility index (Phi) is 5.07. The molecule has 0 bridgehead atoms. The van der Waals surface area contributed by atoms with Crippen LogP contribution in [0.3, 0.4) is 0 Å². The third-order valence-electron chi connectivity index (χ3n) is 4.86. The number of halogens is 2. The van der Waals surface area contributed by atoms with E-state index in [9.17, 15) is 0 Å². The van der Waals surface area contributed by atoms with E-state index in [-0.39, 0.29) is 12.4 Å². The van der Waals surface area contributed by atoms with Crippen molar-refractivity contribution in [3.63, 3.8) is 0 Å². The first-order valence-electron chi connectivity index (χ1n) is 8.55. The number of thiophene rings is 2. The maximum absolute atomic E-state index is 6.45. The third kappa shape index (κ3) is 2.97. The van der Waals surface area contributed by atoms with E-state index in [1.54, 1.807) is 11.3 Å². The summed E-state index contributed by atoms with van der Waals surface area (Å²) in [5.74, 6) is 0. The number of pyridine rings is 1. The molecule has 0 N–H and O–H groups in total.